The lowest BCUT2D eigenvalue weighted by Gasteiger charge is -2.33. The Balaban J connectivity index is 1.86. The molecule has 1 atom stereocenters. The van der Waals surface area contributed by atoms with Gasteiger partial charge in [0.15, 0.2) is 6.10 Å². The van der Waals surface area contributed by atoms with Gasteiger partial charge in [0.1, 0.15) is 12.3 Å². The molecule has 2 heterocycles. The smallest absolute Gasteiger partial charge is 0.268 e. The van der Waals surface area contributed by atoms with E-state index < -0.39 is 6.10 Å². The molecule has 3 rings (SSSR count). The van der Waals surface area contributed by atoms with Gasteiger partial charge in [0.2, 0.25) is 5.91 Å². The van der Waals surface area contributed by atoms with Gasteiger partial charge in [0.05, 0.1) is 17.6 Å². The van der Waals surface area contributed by atoms with Crippen LogP contribution >= 0.6 is 0 Å². The fraction of sp³-hybridized carbons (Fsp3) is 0.278. The lowest BCUT2D eigenvalue weighted by molar-refractivity contribution is -0.127. The largest absolute Gasteiger partial charge is 0.479 e. The van der Waals surface area contributed by atoms with Crippen molar-refractivity contribution >= 4 is 23.2 Å². The molecule has 0 unspecified atom stereocenters. The van der Waals surface area contributed by atoms with E-state index in [1.54, 1.807) is 42.4 Å². The van der Waals surface area contributed by atoms with Crippen molar-refractivity contribution in [2.24, 2.45) is 0 Å². The summed E-state index contributed by atoms with van der Waals surface area (Å²) in [5.74, 6) is 0.230. The van der Waals surface area contributed by atoms with Crippen molar-refractivity contribution < 1.29 is 14.3 Å². The average Bonchev–Trinajstić information content (AvgIpc) is 2.60. The zero-order valence-electron chi connectivity index (χ0n) is 13.7. The van der Waals surface area contributed by atoms with Crippen molar-refractivity contribution in [3.05, 3.63) is 48.8 Å². The first kappa shape index (κ1) is 16.0. The fourth-order valence-corrected chi connectivity index (χ4v) is 2.76. The summed E-state index contributed by atoms with van der Waals surface area (Å²) in [6.45, 7) is 4.05. The Morgan fingerprint density at radius 1 is 1.29 bits per heavy atom. The number of rotatable bonds is 4. The van der Waals surface area contributed by atoms with Crippen LogP contribution in [0.5, 0.6) is 5.75 Å². The van der Waals surface area contributed by atoms with Gasteiger partial charge in [-0.15, -0.1) is 0 Å². The van der Waals surface area contributed by atoms with Crippen LogP contribution in [0.4, 0.5) is 11.4 Å². The van der Waals surface area contributed by atoms with Crippen LogP contribution in [-0.2, 0) is 9.59 Å². The topological polar surface area (TPSA) is 62.7 Å². The summed E-state index contributed by atoms with van der Waals surface area (Å²) in [5.41, 5.74) is 1.34. The Hall–Kier alpha value is -2.89. The van der Waals surface area contributed by atoms with E-state index in [1.165, 1.54) is 4.90 Å². The third kappa shape index (κ3) is 2.95. The van der Waals surface area contributed by atoms with Gasteiger partial charge in [-0.05, 0) is 38.1 Å². The predicted octanol–water partition coefficient (Wildman–Crippen LogP) is 2.25. The molecule has 0 saturated heterocycles. The number of ether oxygens (including phenoxy) is 1. The molecule has 24 heavy (non-hydrogen) atoms. The maximum absolute atomic E-state index is 12.8. The van der Waals surface area contributed by atoms with Crippen molar-refractivity contribution in [3.8, 4) is 5.75 Å². The zero-order valence-corrected chi connectivity index (χ0v) is 13.7. The third-order valence-electron chi connectivity index (χ3n) is 3.94. The Morgan fingerprint density at radius 2 is 2.08 bits per heavy atom. The second kappa shape index (κ2) is 6.70. The number of anilines is 2. The second-order valence-electron chi connectivity index (χ2n) is 5.50. The summed E-state index contributed by atoms with van der Waals surface area (Å²) in [4.78, 5) is 32.4. The van der Waals surface area contributed by atoms with Crippen LogP contribution in [0.25, 0.3) is 0 Å². The molecular formula is C18H19N3O3. The molecule has 6 nitrogen and oxygen atoms in total. The molecule has 6 heteroatoms. The Morgan fingerprint density at radius 3 is 2.79 bits per heavy atom. The van der Waals surface area contributed by atoms with Gasteiger partial charge >= 0.3 is 0 Å². The summed E-state index contributed by atoms with van der Waals surface area (Å²) < 4.78 is 5.60. The van der Waals surface area contributed by atoms with Crippen LogP contribution in [0.1, 0.15) is 13.8 Å². The average molecular weight is 325 g/mol. The molecule has 124 valence electrons. The van der Waals surface area contributed by atoms with Crippen molar-refractivity contribution in [1.82, 2.24) is 4.98 Å². The number of hydrogen-bond acceptors (Lipinski definition) is 4. The number of nitrogens with zero attached hydrogens (tertiary/aromatic N) is 3. The van der Waals surface area contributed by atoms with E-state index in [4.69, 9.17) is 4.74 Å². The van der Waals surface area contributed by atoms with E-state index in [0.717, 1.165) is 0 Å². The number of carbonyl (C=O) groups excluding carboxylic acids is 2. The quantitative estimate of drug-likeness (QED) is 0.865. The van der Waals surface area contributed by atoms with Crippen LogP contribution < -0.4 is 14.5 Å². The first-order valence-corrected chi connectivity index (χ1v) is 7.89. The Kier molecular flexibility index (Phi) is 4.46. The number of benzene rings is 1. The normalized spacial score (nSPS) is 16.3. The molecule has 1 aromatic heterocycles. The van der Waals surface area contributed by atoms with Crippen LogP contribution in [0.3, 0.4) is 0 Å². The minimum atomic E-state index is -0.610. The molecule has 2 aromatic rings. The second-order valence-corrected chi connectivity index (χ2v) is 5.50. The number of hydrogen-bond donors (Lipinski definition) is 0. The molecule has 0 saturated carbocycles. The van der Waals surface area contributed by atoms with Crippen LogP contribution in [0.2, 0.25) is 0 Å². The molecule has 1 aromatic carbocycles. The summed E-state index contributed by atoms with van der Waals surface area (Å²) in [6, 6.07) is 10.9. The first-order valence-electron chi connectivity index (χ1n) is 7.89. The minimum absolute atomic E-state index is 0.0354. The molecule has 2 amide bonds. The molecule has 0 aliphatic carbocycles. The lowest BCUT2D eigenvalue weighted by atomic mass is 10.2. The van der Waals surface area contributed by atoms with Gasteiger partial charge in [-0.1, -0.05) is 12.1 Å². The minimum Gasteiger partial charge on any atom is -0.479 e. The van der Waals surface area contributed by atoms with E-state index in [1.807, 2.05) is 25.1 Å². The summed E-state index contributed by atoms with van der Waals surface area (Å²) in [7, 11) is 0. The molecule has 0 radical (unpaired) electrons. The van der Waals surface area contributed by atoms with Crippen LogP contribution in [0.15, 0.2) is 48.8 Å². The monoisotopic (exact) mass is 325 g/mol. The lowest BCUT2D eigenvalue weighted by Crippen LogP contribution is -2.49. The van der Waals surface area contributed by atoms with E-state index in [-0.39, 0.29) is 18.4 Å². The molecule has 0 N–H and O–H groups in total. The van der Waals surface area contributed by atoms with Gasteiger partial charge in [-0.2, -0.15) is 0 Å². The number of pyridine rings is 1. The first-order chi connectivity index (χ1) is 11.6. The van der Waals surface area contributed by atoms with E-state index in [2.05, 4.69) is 4.98 Å². The molecular weight excluding hydrogens is 306 g/mol. The number of para-hydroxylation sites is 2. The highest BCUT2D eigenvalue weighted by Crippen LogP contribution is 2.33. The zero-order chi connectivity index (χ0) is 17.1. The fourth-order valence-electron chi connectivity index (χ4n) is 2.76. The predicted molar refractivity (Wildman–Crippen MR) is 91.1 cm³/mol. The molecule has 1 aliphatic rings. The maximum atomic E-state index is 12.8. The highest BCUT2D eigenvalue weighted by Gasteiger charge is 2.33. The molecule has 0 bridgehead atoms. The van der Waals surface area contributed by atoms with E-state index in [9.17, 15) is 9.59 Å². The number of fused-ring (bicyclic) bond motifs is 1. The molecule has 1 aliphatic heterocycles. The van der Waals surface area contributed by atoms with Gasteiger partial charge in [0, 0.05) is 12.7 Å². The van der Waals surface area contributed by atoms with Gasteiger partial charge < -0.3 is 9.64 Å². The van der Waals surface area contributed by atoms with Crippen molar-refractivity contribution in [2.45, 2.75) is 20.0 Å². The maximum Gasteiger partial charge on any atom is 0.268 e. The SMILES string of the molecule is CCN(C(=O)CN1C(=O)[C@@H](C)Oc2ccccc21)c1cccnc1. The summed E-state index contributed by atoms with van der Waals surface area (Å²) >= 11 is 0. The van der Waals surface area contributed by atoms with E-state index in [0.29, 0.717) is 23.7 Å². The number of aromatic nitrogens is 1. The summed E-state index contributed by atoms with van der Waals surface area (Å²) in [5, 5.41) is 0. The van der Waals surface area contributed by atoms with Gasteiger partial charge in [0.25, 0.3) is 5.91 Å². The molecule has 0 fully saturated rings. The number of carbonyl (C=O) groups is 2. The Bertz CT molecular complexity index is 748. The summed E-state index contributed by atoms with van der Waals surface area (Å²) in [6.07, 6.45) is 2.69. The van der Waals surface area contributed by atoms with Crippen LogP contribution in [0, 0.1) is 0 Å². The van der Waals surface area contributed by atoms with Crippen LogP contribution in [-0.4, -0.2) is 36.0 Å². The van der Waals surface area contributed by atoms with E-state index >= 15 is 0 Å². The highest BCUT2D eigenvalue weighted by molar-refractivity contribution is 6.06. The number of likely N-dealkylation sites (N-methyl/N-ethyl adjacent to an activating group) is 1. The third-order valence-corrected chi connectivity index (χ3v) is 3.94. The standard InChI is InChI=1S/C18H19N3O3/c1-3-20(14-7-6-10-19-11-14)17(22)12-21-15-8-4-5-9-16(15)24-13(2)18(21)23/h4-11,13H,3,12H2,1-2H3/t13-/m1/s1. The Labute approximate surface area is 140 Å². The van der Waals surface area contributed by atoms with Crippen molar-refractivity contribution in [2.75, 3.05) is 22.9 Å². The number of amides is 2. The molecule has 0 spiro atoms. The highest BCUT2D eigenvalue weighted by atomic mass is 16.5. The van der Waals surface area contributed by atoms with Gasteiger partial charge in [-0.3, -0.25) is 19.5 Å². The van der Waals surface area contributed by atoms with Crippen molar-refractivity contribution in [1.29, 1.82) is 0 Å². The van der Waals surface area contributed by atoms with Gasteiger partial charge in [-0.25, -0.2) is 0 Å². The van der Waals surface area contributed by atoms with Crippen molar-refractivity contribution in [3.63, 3.8) is 0 Å².